The van der Waals surface area contributed by atoms with Crippen molar-refractivity contribution >= 4 is 32.4 Å². The van der Waals surface area contributed by atoms with Gasteiger partial charge in [0.05, 0.1) is 11.9 Å². The van der Waals surface area contributed by atoms with Gasteiger partial charge in [0.2, 0.25) is 15.9 Å². The molecule has 2 rings (SSSR count). The molecule has 0 aromatic heterocycles. The van der Waals surface area contributed by atoms with E-state index in [4.69, 9.17) is 0 Å². The molecule has 0 spiro atoms. The minimum absolute atomic E-state index is 0.0245. The molecule has 0 radical (unpaired) electrons. The minimum atomic E-state index is -3.58. The lowest BCUT2D eigenvalue weighted by molar-refractivity contribution is -0.120. The maximum absolute atomic E-state index is 12.3. The topological polar surface area (TPSA) is 66.5 Å². The number of carbonyl (C=O) groups is 1. The highest BCUT2D eigenvalue weighted by molar-refractivity contribution is 7.92. The van der Waals surface area contributed by atoms with E-state index in [-0.39, 0.29) is 18.5 Å². The van der Waals surface area contributed by atoms with Gasteiger partial charge >= 0.3 is 0 Å². The van der Waals surface area contributed by atoms with Crippen LogP contribution in [0.3, 0.4) is 0 Å². The highest BCUT2D eigenvalue weighted by atomic mass is 32.2. The van der Waals surface area contributed by atoms with Crippen molar-refractivity contribution in [2.75, 3.05) is 17.1 Å². The second-order valence-corrected chi connectivity index (χ2v) is 7.93. The van der Waals surface area contributed by atoms with Gasteiger partial charge in [-0.1, -0.05) is 49.7 Å². The van der Waals surface area contributed by atoms with Crippen molar-refractivity contribution in [2.45, 2.75) is 32.7 Å². The Bertz CT molecular complexity index is 813. The molecule has 6 heteroatoms. The maximum atomic E-state index is 12.3. The number of nitrogens with one attached hydrogen (secondary N) is 1. The van der Waals surface area contributed by atoms with Crippen LogP contribution in [-0.4, -0.2) is 33.2 Å². The molecule has 5 nitrogen and oxygen atoms in total. The molecule has 1 unspecified atom stereocenters. The number of benzene rings is 2. The fourth-order valence-electron chi connectivity index (χ4n) is 2.76. The summed E-state index contributed by atoms with van der Waals surface area (Å²) >= 11 is 0. The summed E-state index contributed by atoms with van der Waals surface area (Å²) in [4.78, 5) is 12.3. The van der Waals surface area contributed by atoms with Crippen LogP contribution in [0.5, 0.6) is 0 Å². The van der Waals surface area contributed by atoms with E-state index in [2.05, 4.69) is 5.32 Å². The van der Waals surface area contributed by atoms with Crippen LogP contribution in [0.15, 0.2) is 42.5 Å². The molecule has 2 aromatic carbocycles. The van der Waals surface area contributed by atoms with Gasteiger partial charge in [-0.2, -0.15) is 0 Å². The van der Waals surface area contributed by atoms with Crippen LogP contribution in [0.1, 0.15) is 26.7 Å². The second-order valence-electron chi connectivity index (χ2n) is 6.03. The van der Waals surface area contributed by atoms with Crippen LogP contribution in [0.2, 0.25) is 0 Å². The van der Waals surface area contributed by atoms with E-state index in [1.165, 1.54) is 4.31 Å². The molecule has 1 amide bonds. The van der Waals surface area contributed by atoms with E-state index in [1.54, 1.807) is 12.1 Å². The van der Waals surface area contributed by atoms with E-state index in [0.717, 1.165) is 29.9 Å². The number of carbonyl (C=O) groups excluding carboxylic acids is 1. The smallest absolute Gasteiger partial charge is 0.240 e. The summed E-state index contributed by atoms with van der Waals surface area (Å²) in [7, 11) is -3.58. The van der Waals surface area contributed by atoms with E-state index in [0.29, 0.717) is 5.69 Å². The summed E-state index contributed by atoms with van der Waals surface area (Å²) in [5, 5.41) is 4.60. The third-order valence-corrected chi connectivity index (χ3v) is 4.98. The van der Waals surface area contributed by atoms with Gasteiger partial charge in [0, 0.05) is 11.4 Å². The number of hydrogen-bond acceptors (Lipinski definition) is 3. The largest absolute Gasteiger partial charge is 0.352 e. The Morgan fingerprint density at radius 2 is 1.83 bits per heavy atom. The van der Waals surface area contributed by atoms with E-state index in [1.807, 2.05) is 44.2 Å². The predicted octanol–water partition coefficient (Wildman–Crippen LogP) is 2.91. The average molecular weight is 348 g/mol. The quantitative estimate of drug-likeness (QED) is 0.836. The second kappa shape index (κ2) is 7.66. The molecular weight excluding hydrogens is 324 g/mol. The number of rotatable bonds is 7. The molecule has 2 aromatic rings. The molecule has 1 atom stereocenters. The van der Waals surface area contributed by atoms with Crippen LogP contribution >= 0.6 is 0 Å². The summed E-state index contributed by atoms with van der Waals surface area (Å²) in [6.45, 7) is 3.74. The monoisotopic (exact) mass is 348 g/mol. The molecule has 0 aliphatic carbocycles. The zero-order chi connectivity index (χ0) is 17.7. The summed E-state index contributed by atoms with van der Waals surface area (Å²) in [5.74, 6) is -0.297. The van der Waals surface area contributed by atoms with Crippen molar-refractivity contribution in [3.8, 4) is 0 Å². The van der Waals surface area contributed by atoms with Gasteiger partial charge in [-0.25, -0.2) is 8.42 Å². The van der Waals surface area contributed by atoms with Gasteiger partial charge in [0.1, 0.15) is 6.54 Å². The van der Waals surface area contributed by atoms with Gasteiger partial charge in [0.15, 0.2) is 0 Å². The Kier molecular flexibility index (Phi) is 5.83. The summed E-state index contributed by atoms with van der Waals surface area (Å²) in [6.07, 6.45) is 2.94. The van der Waals surface area contributed by atoms with Crippen molar-refractivity contribution < 1.29 is 13.2 Å². The van der Waals surface area contributed by atoms with Crippen molar-refractivity contribution in [3.63, 3.8) is 0 Å². The fraction of sp³-hybridized carbons (Fsp3) is 0.389. The standard InChI is InChI=1S/C18H24N2O3S/c1-4-8-14(2)19-18(21)13-20(24(3,22)23)17-12-7-10-15-9-5-6-11-16(15)17/h5-7,9-12,14H,4,8,13H2,1-3H3,(H,19,21). The number of anilines is 1. The lowest BCUT2D eigenvalue weighted by atomic mass is 10.1. The number of amides is 1. The molecule has 0 aliphatic heterocycles. The number of sulfonamides is 1. The van der Waals surface area contributed by atoms with Crippen molar-refractivity contribution in [2.24, 2.45) is 0 Å². The molecule has 0 bridgehead atoms. The average Bonchev–Trinajstić information content (AvgIpc) is 2.51. The van der Waals surface area contributed by atoms with Gasteiger partial charge in [-0.05, 0) is 24.8 Å². The summed E-state index contributed by atoms with van der Waals surface area (Å²) in [6, 6.07) is 13.0. The third-order valence-electron chi connectivity index (χ3n) is 3.85. The molecule has 130 valence electrons. The molecule has 1 N–H and O–H groups in total. The first kappa shape index (κ1) is 18.3. The minimum Gasteiger partial charge on any atom is -0.352 e. The molecule has 0 heterocycles. The van der Waals surface area contributed by atoms with Crippen molar-refractivity contribution in [1.82, 2.24) is 5.32 Å². The van der Waals surface area contributed by atoms with Crippen LogP contribution in [0.25, 0.3) is 10.8 Å². The number of hydrogen-bond donors (Lipinski definition) is 1. The molecular formula is C18H24N2O3S. The molecule has 0 saturated carbocycles. The Morgan fingerprint density at radius 3 is 2.50 bits per heavy atom. The molecule has 0 saturated heterocycles. The highest BCUT2D eigenvalue weighted by Gasteiger charge is 2.23. The van der Waals surface area contributed by atoms with Gasteiger partial charge in [-0.3, -0.25) is 9.10 Å². The molecule has 0 aliphatic rings. The van der Waals surface area contributed by atoms with Gasteiger partial charge in [0.25, 0.3) is 0 Å². The van der Waals surface area contributed by atoms with Gasteiger partial charge in [-0.15, -0.1) is 0 Å². The first-order valence-electron chi connectivity index (χ1n) is 8.07. The normalized spacial score (nSPS) is 12.8. The maximum Gasteiger partial charge on any atom is 0.240 e. The first-order chi connectivity index (χ1) is 11.3. The lowest BCUT2D eigenvalue weighted by Crippen LogP contribution is -2.43. The molecule has 0 fully saturated rings. The lowest BCUT2D eigenvalue weighted by Gasteiger charge is -2.24. The summed E-state index contributed by atoms with van der Waals surface area (Å²) < 4.78 is 25.7. The SMILES string of the molecule is CCCC(C)NC(=O)CN(c1cccc2ccccc12)S(C)(=O)=O. The Balaban J connectivity index is 2.34. The first-order valence-corrected chi connectivity index (χ1v) is 9.92. The predicted molar refractivity (Wildman–Crippen MR) is 98.7 cm³/mol. The fourth-order valence-corrected chi connectivity index (χ4v) is 3.63. The van der Waals surface area contributed by atoms with Crippen molar-refractivity contribution in [1.29, 1.82) is 0 Å². The Hall–Kier alpha value is -2.08. The zero-order valence-electron chi connectivity index (χ0n) is 14.3. The molecule has 24 heavy (non-hydrogen) atoms. The van der Waals surface area contributed by atoms with Crippen LogP contribution in [-0.2, 0) is 14.8 Å². The van der Waals surface area contributed by atoms with E-state index < -0.39 is 10.0 Å². The van der Waals surface area contributed by atoms with Gasteiger partial charge < -0.3 is 5.32 Å². The third kappa shape index (κ3) is 4.47. The highest BCUT2D eigenvalue weighted by Crippen LogP contribution is 2.28. The van der Waals surface area contributed by atoms with E-state index in [9.17, 15) is 13.2 Å². The number of nitrogens with zero attached hydrogens (tertiary/aromatic N) is 1. The van der Waals surface area contributed by atoms with Crippen LogP contribution in [0, 0.1) is 0 Å². The van der Waals surface area contributed by atoms with Crippen LogP contribution < -0.4 is 9.62 Å². The Morgan fingerprint density at radius 1 is 1.17 bits per heavy atom. The van der Waals surface area contributed by atoms with Crippen molar-refractivity contribution in [3.05, 3.63) is 42.5 Å². The van der Waals surface area contributed by atoms with E-state index >= 15 is 0 Å². The van der Waals surface area contributed by atoms with Crippen LogP contribution in [0.4, 0.5) is 5.69 Å². The zero-order valence-corrected chi connectivity index (χ0v) is 15.1. The number of fused-ring (bicyclic) bond motifs is 1. The Labute approximate surface area is 143 Å². The summed E-state index contributed by atoms with van der Waals surface area (Å²) in [5.41, 5.74) is 0.522.